The lowest BCUT2D eigenvalue weighted by Crippen LogP contribution is -2.36. The van der Waals surface area contributed by atoms with Crippen LogP contribution in [0.4, 0.5) is 10.2 Å². The van der Waals surface area contributed by atoms with Gasteiger partial charge in [-0.05, 0) is 42.3 Å². The van der Waals surface area contributed by atoms with Gasteiger partial charge in [0.05, 0.1) is 19.1 Å². The van der Waals surface area contributed by atoms with Gasteiger partial charge in [-0.2, -0.15) is 18.9 Å². The van der Waals surface area contributed by atoms with Gasteiger partial charge in [0.1, 0.15) is 18.0 Å². The molecule has 36 heavy (non-hydrogen) atoms. The van der Waals surface area contributed by atoms with E-state index in [-0.39, 0.29) is 11.4 Å². The summed E-state index contributed by atoms with van der Waals surface area (Å²) in [6.07, 6.45) is 3.73. The summed E-state index contributed by atoms with van der Waals surface area (Å²) in [5.41, 5.74) is 1.62. The molecule has 1 aliphatic rings. The van der Waals surface area contributed by atoms with Crippen LogP contribution in [-0.4, -0.2) is 72.7 Å². The molecule has 0 spiro atoms. The van der Waals surface area contributed by atoms with E-state index in [1.165, 1.54) is 28.8 Å². The van der Waals surface area contributed by atoms with E-state index in [9.17, 15) is 12.8 Å². The standard InChI is InChI=1S/C24H25FN6O4S/c1-34-21-8-7-17(13-22(21)35-2)20-15-26-24-27-16-28-31(24)23(20)29-9-4-10-30(12-11-29)36(32,33)19-6-3-5-18(25)14-19/h3,5-8,13-16H,4,9-12H2,1-2H3. The van der Waals surface area contributed by atoms with Gasteiger partial charge in [0.2, 0.25) is 10.0 Å². The average Bonchev–Trinajstić information content (AvgIpc) is 3.23. The van der Waals surface area contributed by atoms with Crippen molar-refractivity contribution in [2.75, 3.05) is 45.3 Å². The zero-order valence-corrected chi connectivity index (χ0v) is 20.7. The molecule has 3 heterocycles. The summed E-state index contributed by atoms with van der Waals surface area (Å²) in [6.45, 7) is 1.51. The van der Waals surface area contributed by atoms with Crippen molar-refractivity contribution in [2.45, 2.75) is 11.3 Å². The van der Waals surface area contributed by atoms with Crippen LogP contribution < -0.4 is 14.4 Å². The number of sulfonamides is 1. The fourth-order valence-corrected chi connectivity index (χ4v) is 5.90. The molecule has 12 heteroatoms. The van der Waals surface area contributed by atoms with E-state index in [1.54, 1.807) is 24.9 Å². The van der Waals surface area contributed by atoms with Gasteiger partial charge in [-0.3, -0.25) is 0 Å². The van der Waals surface area contributed by atoms with Crippen molar-refractivity contribution in [3.63, 3.8) is 0 Å². The highest BCUT2D eigenvalue weighted by Gasteiger charge is 2.29. The fraction of sp³-hybridized carbons (Fsp3) is 0.292. The van der Waals surface area contributed by atoms with E-state index in [1.807, 2.05) is 18.2 Å². The smallest absolute Gasteiger partial charge is 0.254 e. The molecule has 2 aromatic heterocycles. The minimum Gasteiger partial charge on any atom is -0.493 e. The maximum Gasteiger partial charge on any atom is 0.254 e. The quantitative estimate of drug-likeness (QED) is 0.389. The molecule has 0 bridgehead atoms. The molecule has 10 nitrogen and oxygen atoms in total. The van der Waals surface area contributed by atoms with Gasteiger partial charge in [-0.25, -0.2) is 17.8 Å². The van der Waals surface area contributed by atoms with Gasteiger partial charge in [0, 0.05) is 37.9 Å². The monoisotopic (exact) mass is 512 g/mol. The number of anilines is 1. The van der Waals surface area contributed by atoms with Gasteiger partial charge in [0.15, 0.2) is 11.5 Å². The molecular weight excluding hydrogens is 487 g/mol. The number of benzene rings is 2. The van der Waals surface area contributed by atoms with Crippen molar-refractivity contribution in [3.8, 4) is 22.6 Å². The summed E-state index contributed by atoms with van der Waals surface area (Å²) >= 11 is 0. The van der Waals surface area contributed by atoms with Crippen molar-refractivity contribution >= 4 is 21.6 Å². The van der Waals surface area contributed by atoms with Crippen LogP contribution >= 0.6 is 0 Å². The Morgan fingerprint density at radius 1 is 0.944 bits per heavy atom. The first-order valence-electron chi connectivity index (χ1n) is 11.3. The van der Waals surface area contributed by atoms with E-state index in [2.05, 4.69) is 20.0 Å². The highest BCUT2D eigenvalue weighted by atomic mass is 32.2. The maximum atomic E-state index is 13.7. The Hall–Kier alpha value is -3.77. The normalized spacial score (nSPS) is 15.1. The zero-order valence-electron chi connectivity index (χ0n) is 19.8. The molecule has 0 aliphatic carbocycles. The molecule has 1 saturated heterocycles. The lowest BCUT2D eigenvalue weighted by Gasteiger charge is -2.26. The van der Waals surface area contributed by atoms with Crippen molar-refractivity contribution in [3.05, 3.63) is 60.8 Å². The Kier molecular flexibility index (Phi) is 6.46. The summed E-state index contributed by atoms with van der Waals surface area (Å²) in [7, 11) is -0.686. The van der Waals surface area contributed by atoms with Gasteiger partial charge < -0.3 is 14.4 Å². The second-order valence-corrected chi connectivity index (χ2v) is 10.2. The van der Waals surface area contributed by atoms with Crippen LogP contribution in [0.3, 0.4) is 0 Å². The molecule has 1 fully saturated rings. The van der Waals surface area contributed by atoms with Gasteiger partial charge in [-0.15, -0.1) is 0 Å². The van der Waals surface area contributed by atoms with Crippen molar-refractivity contribution in [2.24, 2.45) is 0 Å². The predicted octanol–water partition coefficient (Wildman–Crippen LogP) is 2.85. The third-order valence-electron chi connectivity index (χ3n) is 6.16. The number of ether oxygens (including phenoxy) is 2. The molecule has 1 aliphatic heterocycles. The second-order valence-electron chi connectivity index (χ2n) is 8.24. The third kappa shape index (κ3) is 4.33. The van der Waals surface area contributed by atoms with E-state index in [4.69, 9.17) is 9.47 Å². The molecule has 0 amide bonds. The molecule has 0 unspecified atom stereocenters. The number of hydrogen-bond acceptors (Lipinski definition) is 8. The van der Waals surface area contributed by atoms with E-state index < -0.39 is 15.8 Å². The van der Waals surface area contributed by atoms with E-state index in [0.29, 0.717) is 43.3 Å². The molecule has 2 aromatic carbocycles. The number of halogens is 1. The van der Waals surface area contributed by atoms with Crippen LogP contribution in [0.5, 0.6) is 11.5 Å². The van der Waals surface area contributed by atoms with Crippen LogP contribution in [-0.2, 0) is 10.0 Å². The minimum atomic E-state index is -3.84. The number of rotatable bonds is 6. The van der Waals surface area contributed by atoms with E-state index in [0.717, 1.165) is 23.0 Å². The predicted molar refractivity (Wildman–Crippen MR) is 131 cm³/mol. The Balaban J connectivity index is 1.51. The first-order valence-corrected chi connectivity index (χ1v) is 12.8. The Bertz CT molecular complexity index is 1510. The largest absolute Gasteiger partial charge is 0.493 e. The first-order chi connectivity index (χ1) is 17.4. The molecule has 0 atom stereocenters. The van der Waals surface area contributed by atoms with Crippen LogP contribution in [0.25, 0.3) is 16.9 Å². The average molecular weight is 513 g/mol. The maximum absolute atomic E-state index is 13.7. The van der Waals surface area contributed by atoms with Crippen molar-refractivity contribution in [1.82, 2.24) is 23.9 Å². The second kappa shape index (κ2) is 9.70. The van der Waals surface area contributed by atoms with Gasteiger partial charge >= 0.3 is 0 Å². The van der Waals surface area contributed by atoms with Crippen LogP contribution in [0, 0.1) is 5.82 Å². The summed E-state index contributed by atoms with van der Waals surface area (Å²) < 4.78 is 54.0. The van der Waals surface area contributed by atoms with Gasteiger partial charge in [-0.1, -0.05) is 12.1 Å². The summed E-state index contributed by atoms with van der Waals surface area (Å²) in [4.78, 5) is 10.7. The molecule has 188 valence electrons. The number of fused-ring (bicyclic) bond motifs is 1. The zero-order chi connectivity index (χ0) is 25.3. The SMILES string of the molecule is COc1ccc(-c2cnc3ncnn3c2N2CCCN(S(=O)(=O)c3cccc(F)c3)CC2)cc1OC. The molecule has 4 aromatic rings. The summed E-state index contributed by atoms with van der Waals surface area (Å²) in [5, 5.41) is 4.38. The highest BCUT2D eigenvalue weighted by Crippen LogP contribution is 2.37. The third-order valence-corrected chi connectivity index (χ3v) is 8.06. The van der Waals surface area contributed by atoms with Gasteiger partial charge in [0.25, 0.3) is 5.78 Å². The molecule has 0 N–H and O–H groups in total. The Labute approximate surface area is 208 Å². The number of hydrogen-bond donors (Lipinski definition) is 0. The summed E-state index contributed by atoms with van der Waals surface area (Å²) in [5.74, 6) is 1.77. The lowest BCUT2D eigenvalue weighted by molar-refractivity contribution is 0.355. The topological polar surface area (TPSA) is 102 Å². The van der Waals surface area contributed by atoms with Crippen molar-refractivity contribution in [1.29, 1.82) is 0 Å². The molecular formula is C24H25FN6O4S. The fourth-order valence-electron chi connectivity index (χ4n) is 4.40. The summed E-state index contributed by atoms with van der Waals surface area (Å²) in [6, 6.07) is 10.7. The molecule has 5 rings (SSSR count). The number of methoxy groups -OCH3 is 2. The minimum absolute atomic E-state index is 0.0513. The van der Waals surface area contributed by atoms with Crippen LogP contribution in [0.2, 0.25) is 0 Å². The van der Waals surface area contributed by atoms with Crippen LogP contribution in [0.15, 0.2) is 59.9 Å². The molecule has 0 radical (unpaired) electrons. The highest BCUT2D eigenvalue weighted by molar-refractivity contribution is 7.89. The first kappa shape index (κ1) is 23.9. The van der Waals surface area contributed by atoms with Crippen LogP contribution in [0.1, 0.15) is 6.42 Å². The lowest BCUT2D eigenvalue weighted by atomic mass is 10.1. The van der Waals surface area contributed by atoms with E-state index >= 15 is 0 Å². The number of aromatic nitrogens is 4. The Morgan fingerprint density at radius 2 is 1.78 bits per heavy atom. The molecule has 0 saturated carbocycles. The number of nitrogens with zero attached hydrogens (tertiary/aromatic N) is 6. The van der Waals surface area contributed by atoms with Crippen molar-refractivity contribution < 1.29 is 22.3 Å². The Morgan fingerprint density at radius 3 is 2.56 bits per heavy atom.